The van der Waals surface area contributed by atoms with Crippen molar-refractivity contribution >= 4 is 0 Å². The average molecular weight is 369 g/mol. The molecule has 2 nitrogen and oxygen atoms in total. The minimum absolute atomic E-state index is 0.0398. The van der Waals surface area contributed by atoms with Gasteiger partial charge < -0.3 is 10.2 Å². The normalized spacial score (nSPS) is 13.6. The van der Waals surface area contributed by atoms with Gasteiger partial charge in [-0.15, -0.1) is 0 Å². The van der Waals surface area contributed by atoms with E-state index in [9.17, 15) is 10.2 Å². The number of hydrogen-bond donors (Lipinski definition) is 2. The van der Waals surface area contributed by atoms with Crippen LogP contribution in [-0.4, -0.2) is 16.3 Å². The molecule has 0 amide bonds. The SMILES string of the molecule is CCC(CC)(c1ccc(O)cc1)c1ccc(CCC(O)C(C)(C)C)c(C)c1. The quantitative estimate of drug-likeness (QED) is 0.615. The van der Waals surface area contributed by atoms with Crippen LogP contribution in [0.5, 0.6) is 5.75 Å². The number of aliphatic hydroxyl groups is 1. The molecule has 2 aromatic rings. The Balaban J connectivity index is 2.31. The lowest BCUT2D eigenvalue weighted by molar-refractivity contribution is 0.0560. The van der Waals surface area contributed by atoms with E-state index in [1.807, 2.05) is 12.1 Å². The Hall–Kier alpha value is -1.80. The summed E-state index contributed by atoms with van der Waals surface area (Å²) in [6.45, 7) is 12.9. The van der Waals surface area contributed by atoms with Crippen molar-refractivity contribution < 1.29 is 10.2 Å². The fraction of sp³-hybridized carbons (Fsp3) is 0.520. The van der Waals surface area contributed by atoms with Gasteiger partial charge in [-0.05, 0) is 72.4 Å². The molecule has 2 N–H and O–H groups in total. The molecule has 0 fully saturated rings. The minimum Gasteiger partial charge on any atom is -0.508 e. The minimum atomic E-state index is -0.293. The van der Waals surface area contributed by atoms with E-state index in [1.54, 1.807) is 12.1 Å². The van der Waals surface area contributed by atoms with Gasteiger partial charge in [0.25, 0.3) is 0 Å². The predicted octanol–water partition coefficient (Wildman–Crippen LogP) is 6.15. The number of rotatable bonds is 7. The monoisotopic (exact) mass is 368 g/mol. The zero-order valence-electron chi connectivity index (χ0n) is 17.8. The Bertz CT molecular complexity index is 734. The molecular formula is C25H36O2. The maximum absolute atomic E-state index is 10.3. The summed E-state index contributed by atoms with van der Waals surface area (Å²) in [5.74, 6) is 0.309. The van der Waals surface area contributed by atoms with Crippen molar-refractivity contribution in [3.8, 4) is 5.75 Å². The van der Waals surface area contributed by atoms with Gasteiger partial charge in [0, 0.05) is 5.41 Å². The number of hydrogen-bond acceptors (Lipinski definition) is 2. The van der Waals surface area contributed by atoms with Gasteiger partial charge >= 0.3 is 0 Å². The summed E-state index contributed by atoms with van der Waals surface area (Å²) in [5.41, 5.74) is 5.07. The number of aryl methyl sites for hydroxylation is 2. The van der Waals surface area contributed by atoms with Crippen LogP contribution in [0.4, 0.5) is 0 Å². The first-order chi connectivity index (χ1) is 12.6. The van der Waals surface area contributed by atoms with Crippen molar-refractivity contribution in [2.24, 2.45) is 5.41 Å². The Morgan fingerprint density at radius 1 is 0.889 bits per heavy atom. The van der Waals surface area contributed by atoms with E-state index < -0.39 is 0 Å². The van der Waals surface area contributed by atoms with Gasteiger partial charge in [-0.1, -0.05) is 65.0 Å². The largest absolute Gasteiger partial charge is 0.508 e. The van der Waals surface area contributed by atoms with Crippen LogP contribution in [0.15, 0.2) is 42.5 Å². The van der Waals surface area contributed by atoms with E-state index >= 15 is 0 Å². The van der Waals surface area contributed by atoms with Crippen LogP contribution in [0.3, 0.4) is 0 Å². The lowest BCUT2D eigenvalue weighted by atomic mass is 9.70. The molecule has 0 saturated heterocycles. The topological polar surface area (TPSA) is 40.5 Å². The van der Waals surface area contributed by atoms with Crippen LogP contribution in [0.1, 0.15) is 76.1 Å². The van der Waals surface area contributed by atoms with Crippen LogP contribution in [0.2, 0.25) is 0 Å². The van der Waals surface area contributed by atoms with E-state index in [0.29, 0.717) is 5.75 Å². The molecule has 27 heavy (non-hydrogen) atoms. The number of phenolic OH excluding ortho intramolecular Hbond substituents is 1. The summed E-state index contributed by atoms with van der Waals surface area (Å²) in [6, 6.07) is 14.5. The molecular weight excluding hydrogens is 332 g/mol. The van der Waals surface area contributed by atoms with Gasteiger partial charge in [-0.3, -0.25) is 0 Å². The zero-order chi connectivity index (χ0) is 20.2. The maximum atomic E-state index is 10.3. The van der Waals surface area contributed by atoms with E-state index in [0.717, 1.165) is 25.7 Å². The third-order valence-corrected chi connectivity index (χ3v) is 6.21. The maximum Gasteiger partial charge on any atom is 0.115 e. The third-order valence-electron chi connectivity index (χ3n) is 6.21. The molecule has 0 radical (unpaired) electrons. The predicted molar refractivity (Wildman–Crippen MR) is 114 cm³/mol. The van der Waals surface area contributed by atoms with Gasteiger partial charge in [-0.2, -0.15) is 0 Å². The standard InChI is InChI=1S/C25H36O2/c1-7-25(8-2,20-12-14-22(26)15-13-20)21-11-9-19(18(3)17-21)10-16-23(27)24(4,5)6/h9,11-15,17,23,26-27H,7-8,10,16H2,1-6H3. The van der Waals surface area contributed by atoms with Crippen LogP contribution < -0.4 is 0 Å². The van der Waals surface area contributed by atoms with Gasteiger partial charge in [0.1, 0.15) is 5.75 Å². The third kappa shape index (κ3) is 4.73. The molecule has 0 bridgehead atoms. The molecule has 2 heteroatoms. The summed E-state index contributed by atoms with van der Waals surface area (Å²) in [7, 11) is 0. The van der Waals surface area contributed by atoms with Gasteiger partial charge in [-0.25, -0.2) is 0 Å². The lowest BCUT2D eigenvalue weighted by Gasteiger charge is -2.34. The van der Waals surface area contributed by atoms with Gasteiger partial charge in [0.05, 0.1) is 6.10 Å². The van der Waals surface area contributed by atoms with Gasteiger partial charge in [0.2, 0.25) is 0 Å². The molecule has 148 valence electrons. The lowest BCUT2D eigenvalue weighted by Crippen LogP contribution is -2.27. The number of aromatic hydroxyl groups is 1. The van der Waals surface area contributed by atoms with Crippen molar-refractivity contribution in [2.45, 2.75) is 78.7 Å². The van der Waals surface area contributed by atoms with Gasteiger partial charge in [0.15, 0.2) is 0 Å². The highest BCUT2D eigenvalue weighted by Crippen LogP contribution is 2.40. The highest BCUT2D eigenvalue weighted by molar-refractivity contribution is 5.44. The molecule has 0 spiro atoms. The average Bonchev–Trinajstić information content (AvgIpc) is 2.62. The summed E-state index contributed by atoms with van der Waals surface area (Å²) < 4.78 is 0. The first kappa shape index (κ1) is 21.5. The van der Waals surface area contributed by atoms with E-state index in [-0.39, 0.29) is 16.9 Å². The fourth-order valence-electron chi connectivity index (χ4n) is 4.01. The number of benzene rings is 2. The van der Waals surface area contributed by atoms with Crippen LogP contribution >= 0.6 is 0 Å². The van der Waals surface area contributed by atoms with Crippen molar-refractivity contribution in [2.75, 3.05) is 0 Å². The highest BCUT2D eigenvalue weighted by atomic mass is 16.3. The Kier molecular flexibility index (Phi) is 6.75. The first-order valence-electron chi connectivity index (χ1n) is 10.2. The summed E-state index contributed by atoms with van der Waals surface area (Å²) >= 11 is 0. The molecule has 0 aliphatic rings. The Morgan fingerprint density at radius 2 is 1.44 bits per heavy atom. The second-order valence-electron chi connectivity index (χ2n) is 8.90. The molecule has 2 rings (SSSR count). The van der Waals surface area contributed by atoms with E-state index in [4.69, 9.17) is 0 Å². The van der Waals surface area contributed by atoms with Crippen molar-refractivity contribution in [3.63, 3.8) is 0 Å². The zero-order valence-corrected chi connectivity index (χ0v) is 17.8. The number of phenols is 1. The van der Waals surface area contributed by atoms with Crippen LogP contribution in [0, 0.1) is 12.3 Å². The second-order valence-corrected chi connectivity index (χ2v) is 8.90. The van der Waals surface area contributed by atoms with Crippen molar-refractivity contribution in [1.29, 1.82) is 0 Å². The molecule has 0 aromatic heterocycles. The Morgan fingerprint density at radius 3 is 1.93 bits per heavy atom. The van der Waals surface area contributed by atoms with Crippen molar-refractivity contribution in [3.05, 3.63) is 64.7 Å². The molecule has 1 atom stereocenters. The second kappa shape index (κ2) is 8.48. The molecule has 0 aliphatic carbocycles. The summed E-state index contributed by atoms with van der Waals surface area (Å²) in [4.78, 5) is 0. The summed E-state index contributed by atoms with van der Waals surface area (Å²) in [5, 5.41) is 20.0. The Labute approximate surface area is 165 Å². The fourth-order valence-corrected chi connectivity index (χ4v) is 4.01. The van der Waals surface area contributed by atoms with Crippen LogP contribution in [0.25, 0.3) is 0 Å². The molecule has 2 aromatic carbocycles. The highest BCUT2D eigenvalue weighted by Gasteiger charge is 2.31. The molecule has 1 unspecified atom stereocenters. The van der Waals surface area contributed by atoms with E-state index in [1.165, 1.54) is 22.3 Å². The smallest absolute Gasteiger partial charge is 0.115 e. The van der Waals surface area contributed by atoms with E-state index in [2.05, 4.69) is 59.7 Å². The molecule has 0 saturated carbocycles. The summed E-state index contributed by atoms with van der Waals surface area (Å²) in [6.07, 6.45) is 3.41. The molecule has 0 heterocycles. The number of aliphatic hydroxyl groups excluding tert-OH is 1. The first-order valence-corrected chi connectivity index (χ1v) is 10.2. The van der Waals surface area contributed by atoms with Crippen LogP contribution in [-0.2, 0) is 11.8 Å². The molecule has 0 aliphatic heterocycles. The van der Waals surface area contributed by atoms with Crippen molar-refractivity contribution in [1.82, 2.24) is 0 Å².